The Kier molecular flexibility index (Phi) is 2.45. The van der Waals surface area contributed by atoms with Crippen LogP contribution in [0.1, 0.15) is 12.2 Å². The Morgan fingerprint density at radius 1 is 1.70 bits per heavy atom. The lowest BCUT2D eigenvalue weighted by Crippen LogP contribution is -1.98. The van der Waals surface area contributed by atoms with Crippen molar-refractivity contribution in [2.24, 2.45) is 7.05 Å². The van der Waals surface area contributed by atoms with Crippen LogP contribution in [0.2, 0.25) is 0 Å². The standard InChI is InChI=1S/C7H12N2O/c1-9-5-4-8-7(9)3-2-6-10/h4-5,10H,2-3,6H2,1H3. The summed E-state index contributed by atoms with van der Waals surface area (Å²) in [5.74, 6) is 1.04. The molecule has 0 aliphatic rings. The molecule has 0 aliphatic carbocycles. The zero-order chi connectivity index (χ0) is 7.40. The highest BCUT2D eigenvalue weighted by molar-refractivity contribution is 4.90. The number of imidazole rings is 1. The van der Waals surface area contributed by atoms with E-state index < -0.39 is 0 Å². The van der Waals surface area contributed by atoms with Crippen LogP contribution < -0.4 is 0 Å². The molecule has 0 spiro atoms. The summed E-state index contributed by atoms with van der Waals surface area (Å²) in [7, 11) is 1.96. The number of hydrogen-bond acceptors (Lipinski definition) is 2. The quantitative estimate of drug-likeness (QED) is 0.657. The van der Waals surface area contributed by atoms with E-state index in [-0.39, 0.29) is 6.61 Å². The van der Waals surface area contributed by atoms with Gasteiger partial charge in [0.1, 0.15) is 5.82 Å². The number of aliphatic hydroxyl groups excluding tert-OH is 1. The molecule has 0 bridgehead atoms. The average molecular weight is 140 g/mol. The Labute approximate surface area is 60.3 Å². The van der Waals surface area contributed by atoms with Gasteiger partial charge in [0.25, 0.3) is 0 Å². The second-order valence-corrected chi connectivity index (χ2v) is 2.28. The molecule has 10 heavy (non-hydrogen) atoms. The lowest BCUT2D eigenvalue weighted by atomic mass is 10.3. The summed E-state index contributed by atoms with van der Waals surface area (Å²) in [6.45, 7) is 0.243. The highest BCUT2D eigenvalue weighted by Gasteiger charge is 1.96. The Morgan fingerprint density at radius 2 is 2.50 bits per heavy atom. The second-order valence-electron chi connectivity index (χ2n) is 2.28. The third-order valence-electron chi connectivity index (χ3n) is 1.48. The van der Waals surface area contributed by atoms with Crippen LogP contribution in [0.4, 0.5) is 0 Å². The normalized spacial score (nSPS) is 10.2. The maximum Gasteiger partial charge on any atom is 0.108 e. The molecule has 0 saturated carbocycles. The van der Waals surface area contributed by atoms with Crippen molar-refractivity contribution in [2.45, 2.75) is 12.8 Å². The molecule has 0 unspecified atom stereocenters. The van der Waals surface area contributed by atoms with Gasteiger partial charge in [0.2, 0.25) is 0 Å². The second kappa shape index (κ2) is 3.37. The van der Waals surface area contributed by atoms with E-state index in [1.807, 2.05) is 17.8 Å². The monoisotopic (exact) mass is 140 g/mol. The van der Waals surface area contributed by atoms with Crippen LogP contribution in [0, 0.1) is 0 Å². The Hall–Kier alpha value is -0.830. The third kappa shape index (κ3) is 1.57. The van der Waals surface area contributed by atoms with Crippen molar-refractivity contribution in [2.75, 3.05) is 6.61 Å². The van der Waals surface area contributed by atoms with Crippen molar-refractivity contribution in [1.82, 2.24) is 9.55 Å². The van der Waals surface area contributed by atoms with Gasteiger partial charge in [0.15, 0.2) is 0 Å². The van der Waals surface area contributed by atoms with Gasteiger partial charge in [-0.3, -0.25) is 0 Å². The summed E-state index contributed by atoms with van der Waals surface area (Å²) < 4.78 is 1.97. The van der Waals surface area contributed by atoms with E-state index in [0.717, 1.165) is 18.7 Å². The summed E-state index contributed by atoms with van der Waals surface area (Å²) in [5, 5.41) is 8.52. The topological polar surface area (TPSA) is 38.0 Å². The Morgan fingerprint density at radius 3 is 3.00 bits per heavy atom. The van der Waals surface area contributed by atoms with Crippen LogP contribution in [0.5, 0.6) is 0 Å². The molecule has 3 heteroatoms. The molecule has 56 valence electrons. The minimum atomic E-state index is 0.243. The molecular weight excluding hydrogens is 128 g/mol. The lowest BCUT2D eigenvalue weighted by molar-refractivity contribution is 0.287. The van der Waals surface area contributed by atoms with Gasteiger partial charge in [0.05, 0.1) is 0 Å². The molecule has 3 nitrogen and oxygen atoms in total. The minimum absolute atomic E-state index is 0.243. The average Bonchev–Trinajstić information content (AvgIpc) is 2.31. The predicted molar refractivity (Wildman–Crippen MR) is 38.6 cm³/mol. The minimum Gasteiger partial charge on any atom is -0.396 e. The van der Waals surface area contributed by atoms with Gasteiger partial charge in [-0.2, -0.15) is 0 Å². The van der Waals surface area contributed by atoms with Gasteiger partial charge in [-0.25, -0.2) is 4.98 Å². The van der Waals surface area contributed by atoms with Crippen molar-refractivity contribution < 1.29 is 5.11 Å². The summed E-state index contributed by atoms with van der Waals surface area (Å²) in [6, 6.07) is 0. The number of aryl methyl sites for hydroxylation is 2. The number of hydrogen-bond donors (Lipinski definition) is 1. The van der Waals surface area contributed by atoms with Gasteiger partial charge in [-0.15, -0.1) is 0 Å². The molecule has 0 saturated heterocycles. The van der Waals surface area contributed by atoms with Crippen LogP contribution in [0.15, 0.2) is 12.4 Å². The molecule has 0 amide bonds. The SMILES string of the molecule is Cn1ccnc1CCCO. The van der Waals surface area contributed by atoms with Crippen molar-refractivity contribution in [1.29, 1.82) is 0 Å². The van der Waals surface area contributed by atoms with E-state index in [0.29, 0.717) is 0 Å². The molecule has 0 radical (unpaired) electrons. The van der Waals surface area contributed by atoms with E-state index in [1.165, 1.54) is 0 Å². The first kappa shape index (κ1) is 7.28. The van der Waals surface area contributed by atoms with E-state index >= 15 is 0 Å². The number of aliphatic hydroxyl groups is 1. The fourth-order valence-electron chi connectivity index (χ4n) is 0.875. The first-order valence-corrected chi connectivity index (χ1v) is 3.41. The van der Waals surface area contributed by atoms with Gasteiger partial charge >= 0.3 is 0 Å². The molecule has 0 aliphatic heterocycles. The molecule has 0 atom stereocenters. The first-order chi connectivity index (χ1) is 4.84. The predicted octanol–water partition coefficient (Wildman–Crippen LogP) is 0.345. The molecule has 1 aromatic heterocycles. The summed E-state index contributed by atoms with van der Waals surface area (Å²) in [5.41, 5.74) is 0. The Bertz CT molecular complexity index is 195. The molecule has 1 rings (SSSR count). The largest absolute Gasteiger partial charge is 0.396 e. The van der Waals surface area contributed by atoms with Crippen molar-refractivity contribution in [3.05, 3.63) is 18.2 Å². The van der Waals surface area contributed by atoms with Gasteiger partial charge < -0.3 is 9.67 Å². The van der Waals surface area contributed by atoms with E-state index in [4.69, 9.17) is 5.11 Å². The molecular formula is C7H12N2O. The Balaban J connectivity index is 2.49. The zero-order valence-electron chi connectivity index (χ0n) is 6.12. The zero-order valence-corrected chi connectivity index (χ0v) is 6.12. The van der Waals surface area contributed by atoms with E-state index in [1.54, 1.807) is 6.20 Å². The molecule has 1 N–H and O–H groups in total. The summed E-state index contributed by atoms with van der Waals surface area (Å²) in [4.78, 5) is 4.11. The van der Waals surface area contributed by atoms with E-state index in [9.17, 15) is 0 Å². The highest BCUT2D eigenvalue weighted by Crippen LogP contribution is 1.97. The maximum atomic E-state index is 8.52. The number of rotatable bonds is 3. The number of nitrogens with zero attached hydrogens (tertiary/aromatic N) is 2. The van der Waals surface area contributed by atoms with Gasteiger partial charge in [0, 0.05) is 32.5 Å². The fourth-order valence-corrected chi connectivity index (χ4v) is 0.875. The maximum absolute atomic E-state index is 8.52. The summed E-state index contributed by atoms with van der Waals surface area (Å²) in [6.07, 6.45) is 5.34. The first-order valence-electron chi connectivity index (χ1n) is 3.41. The van der Waals surface area contributed by atoms with Crippen molar-refractivity contribution in [3.8, 4) is 0 Å². The highest BCUT2D eigenvalue weighted by atomic mass is 16.2. The molecule has 0 fully saturated rings. The van der Waals surface area contributed by atoms with Crippen LogP contribution in [-0.4, -0.2) is 21.3 Å². The number of aromatic nitrogens is 2. The molecule has 1 aromatic rings. The van der Waals surface area contributed by atoms with Crippen molar-refractivity contribution in [3.63, 3.8) is 0 Å². The van der Waals surface area contributed by atoms with Crippen LogP contribution >= 0.6 is 0 Å². The van der Waals surface area contributed by atoms with Gasteiger partial charge in [-0.1, -0.05) is 0 Å². The smallest absolute Gasteiger partial charge is 0.108 e. The summed E-state index contributed by atoms with van der Waals surface area (Å²) >= 11 is 0. The fraction of sp³-hybridized carbons (Fsp3) is 0.571. The lowest BCUT2D eigenvalue weighted by Gasteiger charge is -1.97. The molecule has 0 aromatic carbocycles. The van der Waals surface area contributed by atoms with Crippen LogP contribution in [-0.2, 0) is 13.5 Å². The third-order valence-corrected chi connectivity index (χ3v) is 1.48. The van der Waals surface area contributed by atoms with Crippen molar-refractivity contribution >= 4 is 0 Å². The molecule has 1 heterocycles. The van der Waals surface area contributed by atoms with E-state index in [2.05, 4.69) is 4.98 Å². The van der Waals surface area contributed by atoms with Crippen LogP contribution in [0.25, 0.3) is 0 Å². The van der Waals surface area contributed by atoms with Crippen LogP contribution in [0.3, 0.4) is 0 Å². The van der Waals surface area contributed by atoms with Gasteiger partial charge in [-0.05, 0) is 6.42 Å².